The van der Waals surface area contributed by atoms with E-state index in [-0.39, 0.29) is 12.6 Å². The van der Waals surface area contributed by atoms with Crippen molar-refractivity contribution in [1.82, 2.24) is 0 Å². The van der Waals surface area contributed by atoms with E-state index in [1.165, 1.54) is 0 Å². The molecule has 1 fully saturated rings. The lowest BCUT2D eigenvalue weighted by atomic mass is 9.75. The smallest absolute Gasteiger partial charge is 0.316 e. The molecule has 5 heteroatoms. The molecule has 1 aromatic carbocycles. The minimum Gasteiger partial charge on any atom is -0.493 e. The second-order valence-electron chi connectivity index (χ2n) is 5.32. The molecule has 3 rings (SSSR count). The first-order chi connectivity index (χ1) is 9.64. The van der Waals surface area contributed by atoms with Crippen LogP contribution in [-0.2, 0) is 21.6 Å². The Kier molecular flexibility index (Phi) is 3.40. The zero-order chi connectivity index (χ0) is 14.3. The van der Waals surface area contributed by atoms with Gasteiger partial charge in [0, 0.05) is 5.56 Å². The first-order valence-electron chi connectivity index (χ1n) is 6.75. The van der Waals surface area contributed by atoms with E-state index in [4.69, 9.17) is 14.2 Å². The highest BCUT2D eigenvalue weighted by atomic mass is 79.9. The Morgan fingerprint density at radius 2 is 1.95 bits per heavy atom. The van der Waals surface area contributed by atoms with E-state index in [9.17, 15) is 4.79 Å². The van der Waals surface area contributed by atoms with Gasteiger partial charge in [-0.05, 0) is 40.4 Å². The van der Waals surface area contributed by atoms with E-state index in [1.54, 1.807) is 14.2 Å². The molecule has 108 valence electrons. The monoisotopic (exact) mass is 340 g/mol. The van der Waals surface area contributed by atoms with Crippen LogP contribution in [0.2, 0.25) is 0 Å². The molecule has 0 atom stereocenters. The maximum atomic E-state index is 12.3. The molecular formula is C15H17BrO4. The summed E-state index contributed by atoms with van der Waals surface area (Å²) in [6.45, 7) is 0.289. The molecule has 1 saturated carbocycles. The van der Waals surface area contributed by atoms with Crippen LogP contribution in [0.25, 0.3) is 0 Å². The maximum Gasteiger partial charge on any atom is 0.316 e. The van der Waals surface area contributed by atoms with Crippen molar-refractivity contribution in [2.45, 2.75) is 37.7 Å². The van der Waals surface area contributed by atoms with Crippen molar-refractivity contribution in [3.63, 3.8) is 0 Å². The minimum absolute atomic E-state index is 0.0957. The zero-order valence-electron chi connectivity index (χ0n) is 11.6. The summed E-state index contributed by atoms with van der Waals surface area (Å²) >= 11 is 3.57. The van der Waals surface area contributed by atoms with Gasteiger partial charge in [-0.15, -0.1) is 0 Å². The first kappa shape index (κ1) is 13.7. The summed E-state index contributed by atoms with van der Waals surface area (Å²) in [5.74, 6) is 1.21. The van der Waals surface area contributed by atoms with Crippen LogP contribution >= 0.6 is 15.9 Å². The average molecular weight is 341 g/mol. The molecule has 0 N–H and O–H groups in total. The summed E-state index contributed by atoms with van der Waals surface area (Å²) in [4.78, 5) is 12.3. The second kappa shape index (κ2) is 4.95. The topological polar surface area (TPSA) is 44.8 Å². The van der Waals surface area contributed by atoms with Gasteiger partial charge in [0.2, 0.25) is 0 Å². The van der Waals surface area contributed by atoms with Crippen LogP contribution < -0.4 is 9.47 Å². The summed E-state index contributed by atoms with van der Waals surface area (Å²) in [7, 11) is 3.22. The minimum atomic E-state index is -0.490. The predicted molar refractivity (Wildman–Crippen MR) is 77.2 cm³/mol. The molecule has 0 unspecified atom stereocenters. The van der Waals surface area contributed by atoms with Crippen molar-refractivity contribution in [3.05, 3.63) is 21.7 Å². The highest BCUT2D eigenvalue weighted by molar-refractivity contribution is 9.10. The van der Waals surface area contributed by atoms with Gasteiger partial charge in [-0.1, -0.05) is 12.8 Å². The molecule has 1 spiro atoms. The normalized spacial score (nSPS) is 19.6. The molecule has 1 aromatic rings. The molecule has 1 heterocycles. The molecule has 20 heavy (non-hydrogen) atoms. The number of carbonyl (C=O) groups is 1. The van der Waals surface area contributed by atoms with Crippen LogP contribution in [0.15, 0.2) is 10.5 Å². The van der Waals surface area contributed by atoms with E-state index in [0.29, 0.717) is 11.5 Å². The van der Waals surface area contributed by atoms with Gasteiger partial charge in [-0.3, -0.25) is 4.79 Å². The van der Waals surface area contributed by atoms with E-state index < -0.39 is 5.41 Å². The van der Waals surface area contributed by atoms with Crippen molar-refractivity contribution in [2.75, 3.05) is 14.2 Å². The maximum absolute atomic E-state index is 12.3. The number of methoxy groups -OCH3 is 2. The van der Waals surface area contributed by atoms with Gasteiger partial charge in [-0.25, -0.2) is 0 Å². The fraction of sp³-hybridized carbons (Fsp3) is 0.533. The predicted octanol–water partition coefficient (Wildman–Crippen LogP) is 3.33. The number of carbonyl (C=O) groups excluding carboxylic acids is 1. The molecule has 0 bridgehead atoms. The van der Waals surface area contributed by atoms with Crippen LogP contribution in [-0.4, -0.2) is 20.2 Å². The summed E-state index contributed by atoms with van der Waals surface area (Å²) < 4.78 is 17.1. The van der Waals surface area contributed by atoms with E-state index in [0.717, 1.165) is 41.3 Å². The molecular weight excluding hydrogens is 324 g/mol. The summed E-state index contributed by atoms with van der Waals surface area (Å²) in [6.07, 6.45) is 3.81. The molecule has 0 amide bonds. The SMILES string of the molecule is COc1cc2c(c(Br)c1OC)COC(=O)C21CCCC1. The largest absolute Gasteiger partial charge is 0.493 e. The Labute approximate surface area is 126 Å². The number of halogens is 1. The van der Waals surface area contributed by atoms with Crippen LogP contribution in [0.1, 0.15) is 36.8 Å². The molecule has 0 aromatic heterocycles. The van der Waals surface area contributed by atoms with Crippen molar-refractivity contribution in [1.29, 1.82) is 0 Å². The van der Waals surface area contributed by atoms with Crippen LogP contribution in [0, 0.1) is 0 Å². The number of benzene rings is 1. The van der Waals surface area contributed by atoms with Gasteiger partial charge in [-0.2, -0.15) is 0 Å². The highest BCUT2D eigenvalue weighted by Crippen LogP contribution is 2.51. The zero-order valence-corrected chi connectivity index (χ0v) is 13.2. The molecule has 1 aliphatic carbocycles. The number of esters is 1. The first-order valence-corrected chi connectivity index (χ1v) is 7.54. The second-order valence-corrected chi connectivity index (χ2v) is 6.11. The Bertz CT molecular complexity index is 561. The van der Waals surface area contributed by atoms with Gasteiger partial charge in [0.1, 0.15) is 6.61 Å². The third kappa shape index (κ3) is 1.75. The summed E-state index contributed by atoms with van der Waals surface area (Å²) in [6, 6.07) is 1.95. The molecule has 0 saturated heterocycles. The number of fused-ring (bicyclic) bond motifs is 2. The number of hydrogen-bond acceptors (Lipinski definition) is 4. The van der Waals surface area contributed by atoms with Crippen molar-refractivity contribution < 1.29 is 19.0 Å². The van der Waals surface area contributed by atoms with Gasteiger partial charge in [0.15, 0.2) is 11.5 Å². The fourth-order valence-corrected chi connectivity index (χ4v) is 4.08. The summed E-state index contributed by atoms with van der Waals surface area (Å²) in [5.41, 5.74) is 1.55. The highest BCUT2D eigenvalue weighted by Gasteiger charge is 2.49. The van der Waals surface area contributed by atoms with Crippen LogP contribution in [0.5, 0.6) is 11.5 Å². The summed E-state index contributed by atoms with van der Waals surface area (Å²) in [5, 5.41) is 0. The Morgan fingerprint density at radius 3 is 2.55 bits per heavy atom. The third-order valence-corrected chi connectivity index (χ3v) is 5.26. The van der Waals surface area contributed by atoms with E-state index in [2.05, 4.69) is 15.9 Å². The Morgan fingerprint density at radius 1 is 1.25 bits per heavy atom. The fourth-order valence-electron chi connectivity index (χ4n) is 3.39. The number of ether oxygens (including phenoxy) is 3. The quantitative estimate of drug-likeness (QED) is 0.774. The standard InChI is InChI=1S/C15H17BrO4/c1-18-11-7-10-9(12(16)13(11)19-2)8-20-14(17)15(10)5-3-4-6-15/h7H,3-6,8H2,1-2H3. The van der Waals surface area contributed by atoms with Gasteiger partial charge in [0.05, 0.1) is 24.1 Å². The van der Waals surface area contributed by atoms with Gasteiger partial charge < -0.3 is 14.2 Å². The van der Waals surface area contributed by atoms with Crippen molar-refractivity contribution in [3.8, 4) is 11.5 Å². The lowest BCUT2D eigenvalue weighted by Crippen LogP contribution is -2.39. The molecule has 4 nitrogen and oxygen atoms in total. The lowest BCUT2D eigenvalue weighted by Gasteiger charge is -2.35. The third-order valence-electron chi connectivity index (χ3n) is 4.42. The Balaban J connectivity index is 2.24. The van der Waals surface area contributed by atoms with Crippen molar-refractivity contribution in [2.24, 2.45) is 0 Å². The number of cyclic esters (lactones) is 1. The van der Waals surface area contributed by atoms with Crippen LogP contribution in [0.3, 0.4) is 0 Å². The van der Waals surface area contributed by atoms with Crippen LogP contribution in [0.4, 0.5) is 0 Å². The van der Waals surface area contributed by atoms with E-state index in [1.807, 2.05) is 6.07 Å². The molecule has 1 aliphatic heterocycles. The van der Waals surface area contributed by atoms with Gasteiger partial charge in [0.25, 0.3) is 0 Å². The average Bonchev–Trinajstić information content (AvgIpc) is 2.94. The van der Waals surface area contributed by atoms with Crippen molar-refractivity contribution >= 4 is 21.9 Å². The number of hydrogen-bond donors (Lipinski definition) is 0. The van der Waals surface area contributed by atoms with E-state index >= 15 is 0 Å². The number of rotatable bonds is 2. The lowest BCUT2D eigenvalue weighted by molar-refractivity contribution is -0.154. The molecule has 2 aliphatic rings. The Hall–Kier alpha value is -1.23. The molecule has 0 radical (unpaired) electrons. The van der Waals surface area contributed by atoms with Gasteiger partial charge >= 0.3 is 5.97 Å².